The highest BCUT2D eigenvalue weighted by Crippen LogP contribution is 2.34. The van der Waals surface area contributed by atoms with Crippen LogP contribution in [0.1, 0.15) is 29.1 Å². The van der Waals surface area contributed by atoms with E-state index in [1.54, 1.807) is 33.7 Å². The normalized spacial score (nSPS) is 20.3. The number of aliphatic hydroxyl groups is 1. The van der Waals surface area contributed by atoms with E-state index in [2.05, 4.69) is 14.9 Å². The third kappa shape index (κ3) is 6.17. The lowest BCUT2D eigenvalue weighted by Gasteiger charge is -2.38. The van der Waals surface area contributed by atoms with Crippen molar-refractivity contribution in [3.05, 3.63) is 91.5 Å². The van der Waals surface area contributed by atoms with Gasteiger partial charge in [-0.25, -0.2) is 19.0 Å². The number of halogens is 2. The fourth-order valence-corrected chi connectivity index (χ4v) is 7.51. The van der Waals surface area contributed by atoms with E-state index in [0.717, 1.165) is 6.07 Å². The molecule has 2 aromatic carbocycles. The number of carboxylic acid groups (broad SMARTS) is 1. The maximum atomic E-state index is 15.4. The molecule has 1 amide bonds. The van der Waals surface area contributed by atoms with E-state index in [0.29, 0.717) is 66.0 Å². The summed E-state index contributed by atoms with van der Waals surface area (Å²) in [6, 6.07) is 9.27. The van der Waals surface area contributed by atoms with Gasteiger partial charge in [0.25, 0.3) is 5.91 Å². The maximum absolute atomic E-state index is 15.4. The molecule has 14 nitrogen and oxygen atoms in total. The number of fused-ring (bicyclic) bond motifs is 2. The number of benzene rings is 2. The molecule has 2 saturated heterocycles. The van der Waals surface area contributed by atoms with E-state index in [9.17, 15) is 29.4 Å². The monoisotopic (exact) mass is 723 g/mol. The molecule has 0 spiro atoms. The Hall–Kier alpha value is -4.61. The van der Waals surface area contributed by atoms with Gasteiger partial charge in [0, 0.05) is 66.8 Å². The molecule has 2 N–H and O–H groups in total. The number of carboxylic acids is 1. The summed E-state index contributed by atoms with van der Waals surface area (Å²) < 4.78 is 24.0. The van der Waals surface area contributed by atoms with Crippen LogP contribution in [0.15, 0.2) is 63.4 Å². The van der Waals surface area contributed by atoms with Crippen molar-refractivity contribution in [2.45, 2.75) is 25.1 Å². The van der Waals surface area contributed by atoms with Gasteiger partial charge in [-0.15, -0.1) is 11.8 Å². The van der Waals surface area contributed by atoms with Crippen molar-refractivity contribution in [3.63, 3.8) is 0 Å². The highest BCUT2D eigenvalue weighted by molar-refractivity contribution is 8.00. The van der Waals surface area contributed by atoms with Gasteiger partial charge in [-0.2, -0.15) is 4.98 Å². The first-order chi connectivity index (χ1) is 24.1. The average Bonchev–Trinajstić information content (AvgIpc) is 3.68. The first kappa shape index (κ1) is 33.9. The Labute approximate surface area is 293 Å². The van der Waals surface area contributed by atoms with Gasteiger partial charge < -0.3 is 24.4 Å². The number of aromatic nitrogens is 3. The number of thioether (sulfide) groups is 1. The summed E-state index contributed by atoms with van der Waals surface area (Å²) >= 11 is 7.71. The predicted molar refractivity (Wildman–Crippen MR) is 187 cm³/mol. The fourth-order valence-electron chi connectivity index (χ4n) is 6.40. The number of nitrogens with zero attached hydrogens (tertiary/aromatic N) is 7. The maximum Gasteiger partial charge on any atom is 0.351 e. The smallest absolute Gasteiger partial charge is 0.351 e. The van der Waals surface area contributed by atoms with Crippen LogP contribution in [0.5, 0.6) is 0 Å². The third-order valence-electron chi connectivity index (χ3n) is 8.96. The van der Waals surface area contributed by atoms with E-state index in [-0.39, 0.29) is 30.2 Å². The summed E-state index contributed by atoms with van der Waals surface area (Å²) in [6.07, 6.45) is 2.21. The molecule has 2 fully saturated rings. The Balaban J connectivity index is 1.09. The van der Waals surface area contributed by atoms with Gasteiger partial charge in [0.15, 0.2) is 5.82 Å². The molecule has 50 heavy (non-hydrogen) atoms. The molecule has 2 atom stereocenters. The van der Waals surface area contributed by atoms with Gasteiger partial charge in [-0.1, -0.05) is 11.6 Å². The molecule has 0 saturated carbocycles. The van der Waals surface area contributed by atoms with Crippen LogP contribution in [-0.2, 0) is 16.1 Å². The van der Waals surface area contributed by atoms with Crippen molar-refractivity contribution in [2.75, 3.05) is 55.0 Å². The van der Waals surface area contributed by atoms with Crippen molar-refractivity contribution < 1.29 is 28.9 Å². The lowest BCUT2D eigenvalue weighted by atomic mass is 10.1. The number of piperazine rings is 1. The quantitative estimate of drug-likeness (QED) is 0.275. The number of ether oxygens (including phenoxy) is 1. The number of hydrogen-bond donors (Lipinski definition) is 2. The fraction of sp³-hybridized carbons (Fsp3) is 0.333. The zero-order valence-electron chi connectivity index (χ0n) is 26.7. The van der Waals surface area contributed by atoms with Gasteiger partial charge in [-0.3, -0.25) is 24.0 Å². The van der Waals surface area contributed by atoms with Crippen LogP contribution in [-0.4, -0.2) is 97.5 Å². The van der Waals surface area contributed by atoms with E-state index in [1.807, 2.05) is 11.8 Å². The summed E-state index contributed by atoms with van der Waals surface area (Å²) in [5.41, 5.74) is -0.244. The predicted octanol–water partition coefficient (Wildman–Crippen LogP) is 2.90. The zero-order valence-corrected chi connectivity index (χ0v) is 28.2. The molecule has 17 heteroatoms. The van der Waals surface area contributed by atoms with Crippen LogP contribution in [0.25, 0.3) is 10.9 Å². The summed E-state index contributed by atoms with van der Waals surface area (Å²) in [7, 11) is 0. The second-order valence-corrected chi connectivity index (χ2v) is 13.5. The number of amides is 1. The number of anilines is 2. The Morgan fingerprint density at radius 2 is 1.90 bits per heavy atom. The van der Waals surface area contributed by atoms with Crippen molar-refractivity contribution in [3.8, 4) is 0 Å². The first-order valence-corrected chi connectivity index (χ1v) is 17.2. The van der Waals surface area contributed by atoms with Gasteiger partial charge in [0.1, 0.15) is 28.8 Å². The first-order valence-electron chi connectivity index (χ1n) is 15.8. The number of aryl methyl sites for hydroxylation is 1. The lowest BCUT2D eigenvalue weighted by Crippen LogP contribution is -2.51. The van der Waals surface area contributed by atoms with Crippen molar-refractivity contribution >= 4 is 69.0 Å². The van der Waals surface area contributed by atoms with Crippen molar-refractivity contribution in [2.24, 2.45) is 4.99 Å². The Morgan fingerprint density at radius 1 is 1.12 bits per heavy atom. The Morgan fingerprint density at radius 3 is 2.58 bits per heavy atom. The molecular weight excluding hydrogens is 693 g/mol. The molecule has 3 aliphatic heterocycles. The summed E-state index contributed by atoms with van der Waals surface area (Å²) in [5, 5.41) is 19.2. The molecule has 260 valence electrons. The molecule has 0 radical (unpaired) electrons. The van der Waals surface area contributed by atoms with Crippen LogP contribution in [0.3, 0.4) is 0 Å². The number of carbonyl (C=O) groups is 2. The summed E-state index contributed by atoms with van der Waals surface area (Å²) in [5.74, 6) is -1.86. The van der Waals surface area contributed by atoms with E-state index in [4.69, 9.17) is 16.3 Å². The van der Waals surface area contributed by atoms with Gasteiger partial charge in [0.05, 0.1) is 30.2 Å². The number of aromatic carboxylic acids is 1. The van der Waals surface area contributed by atoms with Gasteiger partial charge in [-0.05, 0) is 43.3 Å². The molecule has 0 bridgehead atoms. The largest absolute Gasteiger partial charge is 0.477 e. The molecule has 4 aromatic rings. The highest BCUT2D eigenvalue weighted by Gasteiger charge is 2.36. The average molecular weight is 724 g/mol. The highest BCUT2D eigenvalue weighted by atomic mass is 35.5. The Kier molecular flexibility index (Phi) is 9.21. The topological polar surface area (TPSA) is 163 Å². The number of pyridine rings is 1. The van der Waals surface area contributed by atoms with Gasteiger partial charge in [0.2, 0.25) is 5.43 Å². The number of rotatable bonds is 8. The van der Waals surface area contributed by atoms with E-state index >= 15 is 4.39 Å². The van der Waals surface area contributed by atoms with Crippen molar-refractivity contribution in [1.82, 2.24) is 19.0 Å². The molecule has 0 unspecified atom stereocenters. The number of carbonyl (C=O) groups excluding carboxylic acids is 1. The summed E-state index contributed by atoms with van der Waals surface area (Å²) in [4.78, 5) is 65.1. The standard InChI is InChI=1S/C33H31ClFN7O7S/c1-2-39-14-21(32(46)47)30(44)20-12-22(35)25(13-24(20)39)40-9-7-38(8-10-40)17-42-23-4-3-18(34)11-19(23)29(31(42)45)36-26-5-6-41(33(48)37-26)27-16-50-28(15-43)49-27/h3-6,11-14,27-28,43H,2,7-10,15-17H2,1H3,(H,46,47)/t27-,28+/m1/s1. The molecule has 7 rings (SSSR count). The minimum absolute atomic E-state index is 0.00455. The minimum Gasteiger partial charge on any atom is -0.477 e. The molecule has 5 heterocycles. The second-order valence-electron chi connectivity index (χ2n) is 11.9. The zero-order chi connectivity index (χ0) is 35.3. The van der Waals surface area contributed by atoms with Crippen LogP contribution >= 0.6 is 23.4 Å². The Bertz CT molecular complexity index is 2190. The number of aliphatic hydroxyl groups excluding tert-OH is 1. The van der Waals surface area contributed by atoms with Crippen LogP contribution in [0.4, 0.5) is 21.6 Å². The van der Waals surface area contributed by atoms with E-state index < -0.39 is 46.0 Å². The molecule has 2 aromatic heterocycles. The second kappa shape index (κ2) is 13.6. The van der Waals surface area contributed by atoms with Crippen LogP contribution in [0.2, 0.25) is 5.02 Å². The van der Waals surface area contributed by atoms with Crippen molar-refractivity contribution in [1.29, 1.82) is 0 Å². The molecular formula is C33H31ClFN7O7S. The SMILES string of the molecule is CCn1cc(C(=O)O)c(=O)c2cc(F)c(N3CCN(CN4C(=O)C(=Nc5ccn([C@H]6CS[C@@H](CO)O6)c(=O)n5)c5cc(Cl)ccc54)CC3)cc21. The number of hydrogen-bond acceptors (Lipinski definition) is 11. The lowest BCUT2D eigenvalue weighted by molar-refractivity contribution is -0.112. The van der Waals surface area contributed by atoms with Crippen LogP contribution in [0, 0.1) is 5.82 Å². The van der Waals surface area contributed by atoms with E-state index in [1.165, 1.54) is 34.8 Å². The van der Waals surface area contributed by atoms with Gasteiger partial charge >= 0.3 is 11.7 Å². The van der Waals surface area contributed by atoms with Crippen LogP contribution < -0.4 is 20.9 Å². The number of aliphatic imine (C=N–C) groups is 1. The molecule has 0 aliphatic carbocycles. The minimum atomic E-state index is -1.37. The third-order valence-corrected chi connectivity index (χ3v) is 10.3. The summed E-state index contributed by atoms with van der Waals surface area (Å²) in [6.45, 7) is 4.04. The molecule has 3 aliphatic rings.